The van der Waals surface area contributed by atoms with Gasteiger partial charge in [-0.2, -0.15) is 0 Å². The Morgan fingerprint density at radius 3 is 2.75 bits per heavy atom. The number of hydrogen-bond donors (Lipinski definition) is 2. The van der Waals surface area contributed by atoms with Gasteiger partial charge in [0.1, 0.15) is 17.6 Å². The van der Waals surface area contributed by atoms with Crippen LogP contribution in [0.1, 0.15) is 55.5 Å². The second-order valence-corrected chi connectivity index (χ2v) is 7.58. The number of carbonyl (C=O) groups excluding carboxylic acids is 1. The molecule has 0 aromatic carbocycles. The largest absolute Gasteiger partial charge is 0.383 e. The number of fused-ring (bicyclic) bond motifs is 1. The van der Waals surface area contributed by atoms with Gasteiger partial charge in [0.2, 0.25) is 5.91 Å². The van der Waals surface area contributed by atoms with Crippen LogP contribution in [0.25, 0.3) is 0 Å². The number of aliphatic hydroxyl groups is 1. The summed E-state index contributed by atoms with van der Waals surface area (Å²) in [5.74, 6) is 0.978. The third-order valence-corrected chi connectivity index (χ3v) is 5.68. The third-order valence-electron chi connectivity index (χ3n) is 5.68. The van der Waals surface area contributed by atoms with Gasteiger partial charge >= 0.3 is 0 Å². The molecule has 1 aliphatic heterocycles. The Morgan fingerprint density at radius 2 is 2.00 bits per heavy atom. The van der Waals surface area contributed by atoms with Crippen molar-refractivity contribution in [2.45, 2.75) is 70.1 Å². The Kier molecular flexibility index (Phi) is 4.59. The number of aromatic nitrogens is 1. The topological polar surface area (TPSA) is 78.6 Å². The monoisotopic (exact) mass is 333 g/mol. The van der Waals surface area contributed by atoms with Gasteiger partial charge in [-0.15, -0.1) is 0 Å². The number of amides is 1. The predicted octanol–water partition coefficient (Wildman–Crippen LogP) is 1.40. The highest BCUT2D eigenvalue weighted by molar-refractivity contribution is 5.81. The molecule has 0 radical (unpaired) electrons. The molecule has 1 saturated carbocycles. The summed E-state index contributed by atoms with van der Waals surface area (Å²) in [6, 6.07) is 0.311. The number of carbonyl (C=O) groups is 1. The summed E-state index contributed by atoms with van der Waals surface area (Å²) in [4.78, 5) is 14.4. The molecule has 1 atom stereocenters. The van der Waals surface area contributed by atoms with Crippen LogP contribution >= 0.6 is 0 Å². The normalized spacial score (nSPS) is 23.7. The van der Waals surface area contributed by atoms with E-state index in [-0.39, 0.29) is 11.8 Å². The van der Waals surface area contributed by atoms with E-state index in [1.54, 1.807) is 0 Å². The minimum Gasteiger partial charge on any atom is -0.383 e. The summed E-state index contributed by atoms with van der Waals surface area (Å²) in [7, 11) is 0. The lowest BCUT2D eigenvalue weighted by Gasteiger charge is -2.33. The summed E-state index contributed by atoms with van der Waals surface area (Å²) in [5, 5.41) is 17.5. The SMILES string of the molecule is O=C(NC1CC1)[C@H](O)C1CCN(Cc2noc3c2CCCC3)CC1. The van der Waals surface area contributed by atoms with Crippen molar-refractivity contribution >= 4 is 5.91 Å². The molecule has 6 heteroatoms. The molecule has 6 nitrogen and oxygen atoms in total. The molecule has 1 aromatic rings. The molecule has 2 N–H and O–H groups in total. The number of aliphatic hydroxyl groups excluding tert-OH is 1. The number of aryl methyl sites for hydroxylation is 1. The molecule has 0 unspecified atom stereocenters. The van der Waals surface area contributed by atoms with Gasteiger partial charge < -0.3 is 14.9 Å². The van der Waals surface area contributed by atoms with E-state index in [0.29, 0.717) is 6.04 Å². The first-order chi connectivity index (χ1) is 11.7. The highest BCUT2D eigenvalue weighted by atomic mass is 16.5. The molecule has 132 valence electrons. The van der Waals surface area contributed by atoms with Crippen LogP contribution in [-0.2, 0) is 24.2 Å². The van der Waals surface area contributed by atoms with Crippen LogP contribution in [0.5, 0.6) is 0 Å². The highest BCUT2D eigenvalue weighted by Gasteiger charge is 2.33. The van der Waals surface area contributed by atoms with E-state index in [1.807, 2.05) is 0 Å². The Morgan fingerprint density at radius 1 is 1.25 bits per heavy atom. The van der Waals surface area contributed by atoms with Crippen molar-refractivity contribution in [1.82, 2.24) is 15.4 Å². The summed E-state index contributed by atoms with van der Waals surface area (Å²) in [6.07, 6.45) is 7.51. The van der Waals surface area contributed by atoms with Gasteiger partial charge in [-0.1, -0.05) is 5.16 Å². The van der Waals surface area contributed by atoms with E-state index in [1.165, 1.54) is 18.4 Å². The van der Waals surface area contributed by atoms with E-state index < -0.39 is 6.10 Å². The summed E-state index contributed by atoms with van der Waals surface area (Å²) in [5.41, 5.74) is 2.42. The van der Waals surface area contributed by atoms with Gasteiger partial charge in [-0.05, 0) is 64.0 Å². The van der Waals surface area contributed by atoms with E-state index in [4.69, 9.17) is 4.52 Å². The van der Waals surface area contributed by atoms with Gasteiger partial charge in [0.05, 0.1) is 0 Å². The average molecular weight is 333 g/mol. The van der Waals surface area contributed by atoms with Crippen molar-refractivity contribution in [3.63, 3.8) is 0 Å². The molecular weight excluding hydrogens is 306 g/mol. The Hall–Kier alpha value is -1.40. The van der Waals surface area contributed by atoms with Gasteiger partial charge in [0.15, 0.2) is 0 Å². The molecule has 2 aliphatic carbocycles. The van der Waals surface area contributed by atoms with Crippen LogP contribution in [0, 0.1) is 5.92 Å². The molecule has 2 fully saturated rings. The smallest absolute Gasteiger partial charge is 0.249 e. The molecular formula is C18H27N3O3. The summed E-state index contributed by atoms with van der Waals surface area (Å²) in [6.45, 7) is 2.63. The number of piperidine rings is 1. The highest BCUT2D eigenvalue weighted by Crippen LogP contribution is 2.27. The van der Waals surface area contributed by atoms with Gasteiger partial charge in [-0.25, -0.2) is 0 Å². The number of hydrogen-bond acceptors (Lipinski definition) is 5. The molecule has 0 spiro atoms. The summed E-state index contributed by atoms with van der Waals surface area (Å²) >= 11 is 0. The Labute approximate surface area is 142 Å². The lowest BCUT2D eigenvalue weighted by Crippen LogP contribution is -2.45. The lowest BCUT2D eigenvalue weighted by molar-refractivity contribution is -0.133. The second kappa shape index (κ2) is 6.84. The van der Waals surface area contributed by atoms with Crippen molar-refractivity contribution in [3.8, 4) is 0 Å². The third kappa shape index (κ3) is 3.49. The number of rotatable bonds is 5. The molecule has 24 heavy (non-hydrogen) atoms. The number of likely N-dealkylation sites (tertiary alicyclic amines) is 1. The van der Waals surface area contributed by atoms with Crippen molar-refractivity contribution in [3.05, 3.63) is 17.0 Å². The first-order valence-electron chi connectivity index (χ1n) is 9.38. The van der Waals surface area contributed by atoms with Crippen LogP contribution < -0.4 is 5.32 Å². The molecule has 1 aromatic heterocycles. The molecule has 0 bridgehead atoms. The Balaban J connectivity index is 1.28. The fourth-order valence-corrected chi connectivity index (χ4v) is 3.94. The van der Waals surface area contributed by atoms with E-state index >= 15 is 0 Å². The van der Waals surface area contributed by atoms with Crippen LogP contribution in [0.15, 0.2) is 4.52 Å². The van der Waals surface area contributed by atoms with Crippen LogP contribution in [0.2, 0.25) is 0 Å². The quantitative estimate of drug-likeness (QED) is 0.852. The van der Waals surface area contributed by atoms with Gasteiger partial charge in [-0.3, -0.25) is 9.69 Å². The van der Waals surface area contributed by atoms with Gasteiger partial charge in [0, 0.05) is 24.6 Å². The molecule has 4 rings (SSSR count). The maximum Gasteiger partial charge on any atom is 0.249 e. The van der Waals surface area contributed by atoms with Crippen LogP contribution in [0.4, 0.5) is 0 Å². The molecule has 2 heterocycles. The maximum atomic E-state index is 12.0. The summed E-state index contributed by atoms with van der Waals surface area (Å²) < 4.78 is 5.49. The number of nitrogens with zero attached hydrogens (tertiary/aromatic N) is 2. The first kappa shape index (κ1) is 16.1. The fraction of sp³-hybridized carbons (Fsp3) is 0.778. The van der Waals surface area contributed by atoms with E-state index in [9.17, 15) is 9.90 Å². The molecule has 1 saturated heterocycles. The van der Waals surface area contributed by atoms with Gasteiger partial charge in [0.25, 0.3) is 0 Å². The van der Waals surface area contributed by atoms with Crippen molar-refractivity contribution in [2.24, 2.45) is 5.92 Å². The minimum atomic E-state index is -0.854. The zero-order valence-corrected chi connectivity index (χ0v) is 14.2. The van der Waals surface area contributed by atoms with Crippen LogP contribution in [-0.4, -0.2) is 46.3 Å². The standard InChI is InChI=1S/C18H27N3O3/c22-17(18(23)19-13-5-6-13)12-7-9-21(10-8-12)11-15-14-3-1-2-4-16(14)24-20-15/h12-13,17,22H,1-11H2,(H,19,23)/t17-/m1/s1. The van der Waals surface area contributed by atoms with Crippen molar-refractivity contribution in [1.29, 1.82) is 0 Å². The van der Waals surface area contributed by atoms with E-state index in [0.717, 1.165) is 69.6 Å². The van der Waals surface area contributed by atoms with E-state index in [2.05, 4.69) is 15.4 Å². The lowest BCUT2D eigenvalue weighted by atomic mass is 9.90. The number of nitrogens with one attached hydrogen (secondary N) is 1. The predicted molar refractivity (Wildman–Crippen MR) is 88.3 cm³/mol. The zero-order valence-electron chi connectivity index (χ0n) is 14.2. The molecule has 3 aliphatic rings. The van der Waals surface area contributed by atoms with Crippen molar-refractivity contribution in [2.75, 3.05) is 13.1 Å². The molecule has 1 amide bonds. The average Bonchev–Trinajstić information content (AvgIpc) is 3.34. The van der Waals surface area contributed by atoms with Crippen molar-refractivity contribution < 1.29 is 14.4 Å². The second-order valence-electron chi connectivity index (χ2n) is 7.58. The minimum absolute atomic E-state index is 0.0752. The fourth-order valence-electron chi connectivity index (χ4n) is 3.94. The maximum absolute atomic E-state index is 12.0. The zero-order chi connectivity index (χ0) is 16.5. The van der Waals surface area contributed by atoms with Crippen LogP contribution in [0.3, 0.4) is 0 Å². The first-order valence-corrected chi connectivity index (χ1v) is 9.38. The Bertz CT molecular complexity index is 588.